The molecular formula is C21H26O8. The molecule has 8 heteroatoms. The molecule has 158 valence electrons. The number of hydrogen-bond donors (Lipinski definition) is 3. The zero-order valence-electron chi connectivity index (χ0n) is 16.9. The summed E-state index contributed by atoms with van der Waals surface area (Å²) < 4.78 is 24.1. The quantitative estimate of drug-likeness (QED) is 0.396. The highest BCUT2D eigenvalue weighted by atomic mass is 16.8. The molecule has 3 saturated heterocycles. The van der Waals surface area contributed by atoms with E-state index < -0.39 is 51.6 Å². The predicted octanol–water partition coefficient (Wildman–Crippen LogP) is -0.421. The summed E-state index contributed by atoms with van der Waals surface area (Å²) in [5.41, 5.74) is -5.85. The van der Waals surface area contributed by atoms with Gasteiger partial charge in [0.2, 0.25) is 0 Å². The van der Waals surface area contributed by atoms with Gasteiger partial charge in [-0.3, -0.25) is 0 Å². The molecule has 3 N–H and O–H groups in total. The molecule has 29 heavy (non-hydrogen) atoms. The van der Waals surface area contributed by atoms with Crippen molar-refractivity contribution < 1.29 is 39.1 Å². The molecule has 5 fully saturated rings. The molecule has 0 amide bonds. The highest BCUT2D eigenvalue weighted by Gasteiger charge is 3.04. The number of epoxide rings is 3. The molecule has 0 radical (unpaired) electrons. The van der Waals surface area contributed by atoms with E-state index in [-0.39, 0.29) is 43.1 Å². The number of fused-ring (bicyclic) bond motifs is 4. The molecule has 0 aromatic rings. The van der Waals surface area contributed by atoms with Crippen molar-refractivity contribution in [3.8, 4) is 0 Å². The largest absolute Gasteiger partial charge is 0.458 e. The molecule has 7 rings (SSSR count). The lowest BCUT2D eigenvalue weighted by molar-refractivity contribution is -0.199. The van der Waals surface area contributed by atoms with Gasteiger partial charge >= 0.3 is 5.97 Å². The average molecular weight is 406 g/mol. The van der Waals surface area contributed by atoms with Crippen molar-refractivity contribution in [3.05, 3.63) is 11.1 Å². The Hall–Kier alpha value is -1.03. The Kier molecular flexibility index (Phi) is 2.54. The van der Waals surface area contributed by atoms with Crippen molar-refractivity contribution in [1.29, 1.82) is 0 Å². The van der Waals surface area contributed by atoms with Gasteiger partial charge in [-0.2, -0.15) is 0 Å². The summed E-state index contributed by atoms with van der Waals surface area (Å²) in [6, 6.07) is 0. The second kappa shape index (κ2) is 4.18. The summed E-state index contributed by atoms with van der Waals surface area (Å²) in [6.45, 7) is 7.68. The van der Waals surface area contributed by atoms with Crippen LogP contribution in [0.3, 0.4) is 0 Å². The highest BCUT2D eigenvalue weighted by Crippen LogP contribution is 2.85. The number of aliphatic hydroxyl groups excluding tert-OH is 1. The number of carbonyl (C=O) groups is 1. The van der Waals surface area contributed by atoms with Gasteiger partial charge in [-0.05, 0) is 19.3 Å². The maximum absolute atomic E-state index is 12.2. The van der Waals surface area contributed by atoms with Crippen molar-refractivity contribution in [1.82, 2.24) is 0 Å². The Morgan fingerprint density at radius 3 is 2.45 bits per heavy atom. The van der Waals surface area contributed by atoms with Crippen LogP contribution in [0.2, 0.25) is 0 Å². The van der Waals surface area contributed by atoms with Gasteiger partial charge in [0, 0.05) is 17.4 Å². The van der Waals surface area contributed by atoms with Crippen LogP contribution in [0.5, 0.6) is 0 Å². The predicted molar refractivity (Wildman–Crippen MR) is 94.6 cm³/mol. The molecule has 8 nitrogen and oxygen atoms in total. The fourth-order valence-electron chi connectivity index (χ4n) is 8.42. The zero-order chi connectivity index (χ0) is 20.6. The first kappa shape index (κ1) is 17.6. The minimum absolute atomic E-state index is 0.0377. The first-order chi connectivity index (χ1) is 13.5. The maximum Gasteiger partial charge on any atom is 0.337 e. The molecule has 0 unspecified atom stereocenters. The van der Waals surface area contributed by atoms with Gasteiger partial charge in [0.05, 0.1) is 17.8 Å². The summed E-state index contributed by atoms with van der Waals surface area (Å²) in [5, 5.41) is 34.8. The second-order valence-electron chi connectivity index (χ2n) is 10.8. The third-order valence-corrected chi connectivity index (χ3v) is 9.78. The molecule has 0 aromatic heterocycles. The van der Waals surface area contributed by atoms with Crippen molar-refractivity contribution in [2.45, 2.75) is 93.0 Å². The summed E-state index contributed by atoms with van der Waals surface area (Å²) in [5.74, 6) is -0.507. The molecule has 7 aliphatic rings. The summed E-state index contributed by atoms with van der Waals surface area (Å²) in [7, 11) is 0. The van der Waals surface area contributed by atoms with Gasteiger partial charge in [-0.25, -0.2) is 4.79 Å². The van der Waals surface area contributed by atoms with Crippen LogP contribution in [0.4, 0.5) is 0 Å². The van der Waals surface area contributed by atoms with Crippen LogP contribution in [0.25, 0.3) is 0 Å². The Morgan fingerprint density at radius 1 is 1.03 bits per heavy atom. The van der Waals surface area contributed by atoms with E-state index in [9.17, 15) is 20.1 Å². The molecule has 0 aromatic carbocycles. The van der Waals surface area contributed by atoms with Crippen LogP contribution in [0.1, 0.15) is 40.5 Å². The lowest BCUT2D eigenvalue weighted by Crippen LogP contribution is -2.78. The number of cyclic esters (lactones) is 1. The summed E-state index contributed by atoms with van der Waals surface area (Å²) >= 11 is 0. The number of aliphatic hydroxyl groups is 3. The SMILES string of the molecule is CC(C)[C@]12O[C@H]1[C@@H]1O[C@@]13[C@@]1(C)C[C@@H](O)C4=C(COC4=O)[C@@]1(O)C[C@@H]1O[C@@]13[C@]2(C)O. The molecule has 10 atom stereocenters. The van der Waals surface area contributed by atoms with E-state index in [4.69, 9.17) is 18.9 Å². The topological polar surface area (TPSA) is 125 Å². The molecular weight excluding hydrogens is 380 g/mol. The van der Waals surface area contributed by atoms with Crippen molar-refractivity contribution in [3.63, 3.8) is 0 Å². The second-order valence-corrected chi connectivity index (χ2v) is 10.8. The van der Waals surface area contributed by atoms with Gasteiger partial charge in [-0.15, -0.1) is 0 Å². The average Bonchev–Trinajstić information content (AvgIpc) is 3.50. The Morgan fingerprint density at radius 2 is 1.76 bits per heavy atom. The van der Waals surface area contributed by atoms with Gasteiger partial charge in [-0.1, -0.05) is 20.8 Å². The molecule has 2 spiro atoms. The standard InChI is InChI=1S/C21H26O8/c1-8(2)19-13(28-19)14-21(29-14)16(3)5-10(22)12-9(7-26-15(12)23)18(16,25)6-11-20(21,27-11)17(19,4)24/h8,10-11,13-14,22,24-25H,5-7H2,1-4H3/t10-,11+,13+,14+,16+,17-,18+,19+,20-,21-/m1/s1. The van der Waals surface area contributed by atoms with E-state index in [1.807, 2.05) is 20.8 Å². The molecule has 4 aliphatic heterocycles. The van der Waals surface area contributed by atoms with E-state index in [1.54, 1.807) is 6.92 Å². The highest BCUT2D eigenvalue weighted by molar-refractivity contribution is 5.94. The summed E-state index contributed by atoms with van der Waals surface area (Å²) in [4.78, 5) is 12.2. The van der Waals surface area contributed by atoms with Crippen LogP contribution >= 0.6 is 0 Å². The first-order valence-electron chi connectivity index (χ1n) is 10.5. The first-order valence-corrected chi connectivity index (χ1v) is 10.5. The van der Waals surface area contributed by atoms with Gasteiger partial charge < -0.3 is 34.3 Å². The number of esters is 1. The maximum atomic E-state index is 12.2. The minimum Gasteiger partial charge on any atom is -0.458 e. The van der Waals surface area contributed by atoms with E-state index in [0.29, 0.717) is 5.57 Å². The minimum atomic E-state index is -1.42. The Bertz CT molecular complexity index is 941. The number of hydrogen-bond acceptors (Lipinski definition) is 8. The van der Waals surface area contributed by atoms with Crippen molar-refractivity contribution >= 4 is 5.97 Å². The van der Waals surface area contributed by atoms with E-state index in [1.165, 1.54) is 0 Å². The van der Waals surface area contributed by atoms with Gasteiger partial charge in [0.1, 0.15) is 41.2 Å². The fraction of sp³-hybridized carbons (Fsp3) is 0.857. The van der Waals surface area contributed by atoms with Crippen LogP contribution in [-0.2, 0) is 23.7 Å². The van der Waals surface area contributed by atoms with E-state index in [2.05, 4.69) is 0 Å². The van der Waals surface area contributed by atoms with Crippen LogP contribution < -0.4 is 0 Å². The van der Waals surface area contributed by atoms with Crippen LogP contribution in [0, 0.1) is 11.3 Å². The summed E-state index contributed by atoms with van der Waals surface area (Å²) in [6.07, 6.45) is -1.76. The van der Waals surface area contributed by atoms with Crippen molar-refractivity contribution in [2.24, 2.45) is 11.3 Å². The normalized spacial score (nSPS) is 65.6. The molecule has 0 bridgehead atoms. The van der Waals surface area contributed by atoms with Crippen LogP contribution in [0.15, 0.2) is 11.1 Å². The molecule has 4 heterocycles. The number of ether oxygens (including phenoxy) is 4. The van der Waals surface area contributed by atoms with E-state index in [0.717, 1.165) is 0 Å². The third kappa shape index (κ3) is 1.29. The number of rotatable bonds is 1. The third-order valence-electron chi connectivity index (χ3n) is 9.78. The molecule has 3 aliphatic carbocycles. The van der Waals surface area contributed by atoms with Gasteiger partial charge in [0.25, 0.3) is 0 Å². The van der Waals surface area contributed by atoms with E-state index >= 15 is 0 Å². The lowest BCUT2D eigenvalue weighted by atomic mass is 9.42. The van der Waals surface area contributed by atoms with Gasteiger partial charge in [0.15, 0.2) is 5.60 Å². The molecule has 2 saturated carbocycles. The fourth-order valence-corrected chi connectivity index (χ4v) is 8.42. The van der Waals surface area contributed by atoms with Crippen LogP contribution in [-0.4, -0.2) is 80.3 Å². The smallest absolute Gasteiger partial charge is 0.337 e. The monoisotopic (exact) mass is 406 g/mol. The van der Waals surface area contributed by atoms with Crippen molar-refractivity contribution in [2.75, 3.05) is 6.61 Å². The lowest BCUT2D eigenvalue weighted by Gasteiger charge is -2.60. The number of carbonyl (C=O) groups excluding carboxylic acids is 1. The Labute approximate surface area is 167 Å². The zero-order valence-corrected chi connectivity index (χ0v) is 16.9. The Balaban J connectivity index is 1.45.